The number of hydrogen-bond acceptors (Lipinski definition) is 3. The largest absolute Gasteiger partial charge is 0.332 e. The first-order chi connectivity index (χ1) is 9.27. The van der Waals surface area contributed by atoms with Crippen LogP contribution in [0.3, 0.4) is 0 Å². The van der Waals surface area contributed by atoms with Crippen molar-refractivity contribution in [3.63, 3.8) is 0 Å². The van der Waals surface area contributed by atoms with E-state index >= 15 is 0 Å². The van der Waals surface area contributed by atoms with Crippen molar-refractivity contribution in [2.75, 3.05) is 6.54 Å². The molecule has 0 aromatic carbocycles. The lowest BCUT2D eigenvalue weighted by Gasteiger charge is -2.24. The lowest BCUT2D eigenvalue weighted by atomic mass is 10.1. The number of nitrogens with zero attached hydrogens (tertiary/aromatic N) is 2. The van der Waals surface area contributed by atoms with Crippen LogP contribution in [0.15, 0.2) is 35.3 Å². The van der Waals surface area contributed by atoms with E-state index < -0.39 is 0 Å². The van der Waals surface area contributed by atoms with E-state index in [0.29, 0.717) is 10.6 Å². The Balaban J connectivity index is 1.89. The predicted molar refractivity (Wildman–Crippen MR) is 76.6 cm³/mol. The number of likely N-dealkylation sites (tertiary alicyclic amines) is 1. The molecule has 3 heterocycles. The van der Waals surface area contributed by atoms with Gasteiger partial charge >= 0.3 is 0 Å². The van der Waals surface area contributed by atoms with Gasteiger partial charge in [-0.3, -0.25) is 9.78 Å². The van der Waals surface area contributed by atoms with Gasteiger partial charge in [-0.05, 0) is 41.3 Å². The molecule has 3 nitrogen and oxygen atoms in total. The van der Waals surface area contributed by atoms with Crippen LogP contribution in [-0.4, -0.2) is 22.3 Å². The molecule has 1 aliphatic rings. The Hall–Kier alpha value is -1.39. The smallest absolute Gasteiger partial charge is 0.255 e. The van der Waals surface area contributed by atoms with Crippen LogP contribution in [0.1, 0.15) is 34.8 Å². The third-order valence-corrected chi connectivity index (χ3v) is 4.45. The molecule has 98 valence electrons. The molecule has 1 atom stereocenters. The Bertz CT molecular complexity index is 585. The van der Waals surface area contributed by atoms with Gasteiger partial charge in [-0.25, -0.2) is 0 Å². The summed E-state index contributed by atoms with van der Waals surface area (Å²) in [5.41, 5.74) is 1.76. The van der Waals surface area contributed by atoms with Crippen molar-refractivity contribution in [2.24, 2.45) is 0 Å². The van der Waals surface area contributed by atoms with Crippen molar-refractivity contribution in [1.82, 2.24) is 9.88 Å². The molecule has 2 aromatic heterocycles. The molecule has 0 N–H and O–H groups in total. The van der Waals surface area contributed by atoms with Crippen molar-refractivity contribution >= 4 is 28.8 Å². The summed E-state index contributed by atoms with van der Waals surface area (Å²) in [5, 5.41) is 4.59. The molecule has 1 saturated heterocycles. The number of thiophene rings is 1. The molecule has 0 spiro atoms. The van der Waals surface area contributed by atoms with Crippen LogP contribution >= 0.6 is 22.9 Å². The van der Waals surface area contributed by atoms with Gasteiger partial charge in [0.1, 0.15) is 0 Å². The number of amides is 1. The Labute approximate surface area is 120 Å². The molecular weight excluding hydrogens is 280 g/mol. The lowest BCUT2D eigenvalue weighted by Crippen LogP contribution is -2.30. The van der Waals surface area contributed by atoms with E-state index in [9.17, 15) is 4.79 Å². The zero-order valence-corrected chi connectivity index (χ0v) is 11.8. The highest BCUT2D eigenvalue weighted by molar-refractivity contribution is 7.08. The van der Waals surface area contributed by atoms with Crippen LogP contribution in [0.25, 0.3) is 0 Å². The molecule has 1 unspecified atom stereocenters. The second-order valence-corrected chi connectivity index (χ2v) is 5.76. The molecular formula is C14H13ClN2OS. The molecule has 5 heteroatoms. The van der Waals surface area contributed by atoms with Crippen LogP contribution in [0.5, 0.6) is 0 Å². The van der Waals surface area contributed by atoms with Gasteiger partial charge in [0.25, 0.3) is 5.91 Å². The van der Waals surface area contributed by atoms with Crippen molar-refractivity contribution in [2.45, 2.75) is 18.9 Å². The number of carbonyl (C=O) groups excluding carboxylic acids is 1. The van der Waals surface area contributed by atoms with Gasteiger partial charge < -0.3 is 4.90 Å². The summed E-state index contributed by atoms with van der Waals surface area (Å²) in [7, 11) is 0. The fraction of sp³-hybridized carbons (Fsp3) is 0.286. The molecule has 0 bridgehead atoms. The Morgan fingerprint density at radius 1 is 1.47 bits per heavy atom. The van der Waals surface area contributed by atoms with Gasteiger partial charge in [0, 0.05) is 18.9 Å². The van der Waals surface area contributed by atoms with Crippen molar-refractivity contribution in [1.29, 1.82) is 0 Å². The molecule has 1 amide bonds. The fourth-order valence-electron chi connectivity index (χ4n) is 2.52. The van der Waals surface area contributed by atoms with Crippen LogP contribution in [0.4, 0.5) is 0 Å². The number of carbonyl (C=O) groups is 1. The molecule has 0 radical (unpaired) electrons. The first-order valence-corrected chi connectivity index (χ1v) is 7.52. The van der Waals surface area contributed by atoms with Gasteiger partial charge in [0.2, 0.25) is 0 Å². The quantitative estimate of drug-likeness (QED) is 0.844. The van der Waals surface area contributed by atoms with Crippen molar-refractivity contribution in [3.8, 4) is 0 Å². The van der Waals surface area contributed by atoms with Crippen LogP contribution in [0.2, 0.25) is 5.02 Å². The van der Waals surface area contributed by atoms with Gasteiger partial charge in [-0.2, -0.15) is 11.3 Å². The molecule has 2 aromatic rings. The molecule has 1 aliphatic heterocycles. The molecule has 0 saturated carbocycles. The van der Waals surface area contributed by atoms with Crippen LogP contribution in [0, 0.1) is 0 Å². The van der Waals surface area contributed by atoms with E-state index in [0.717, 1.165) is 19.4 Å². The molecule has 0 aliphatic carbocycles. The zero-order valence-electron chi connectivity index (χ0n) is 10.3. The van der Waals surface area contributed by atoms with E-state index in [4.69, 9.17) is 11.6 Å². The van der Waals surface area contributed by atoms with E-state index in [1.165, 1.54) is 11.8 Å². The van der Waals surface area contributed by atoms with Crippen molar-refractivity contribution < 1.29 is 4.79 Å². The summed E-state index contributed by atoms with van der Waals surface area (Å²) in [6.45, 7) is 0.790. The maximum Gasteiger partial charge on any atom is 0.255 e. The fourth-order valence-corrected chi connectivity index (χ4v) is 3.43. The summed E-state index contributed by atoms with van der Waals surface area (Å²) in [4.78, 5) is 18.4. The average molecular weight is 293 g/mol. The summed E-state index contributed by atoms with van der Waals surface area (Å²) >= 11 is 7.73. The second kappa shape index (κ2) is 5.31. The molecule has 1 fully saturated rings. The summed E-state index contributed by atoms with van der Waals surface area (Å²) in [6.07, 6.45) is 5.18. The summed E-state index contributed by atoms with van der Waals surface area (Å²) in [6, 6.07) is 3.96. The van der Waals surface area contributed by atoms with Gasteiger partial charge in [0.15, 0.2) is 0 Å². The molecule has 19 heavy (non-hydrogen) atoms. The van der Waals surface area contributed by atoms with Gasteiger partial charge in [-0.1, -0.05) is 11.6 Å². The maximum absolute atomic E-state index is 12.6. The minimum absolute atomic E-state index is 0.00102. The maximum atomic E-state index is 12.6. The van der Waals surface area contributed by atoms with E-state index in [1.807, 2.05) is 4.90 Å². The third kappa shape index (κ3) is 2.38. The number of aromatic nitrogens is 1. The SMILES string of the molecule is O=C(c1ccncc1Cl)N1CCCC1c1ccsc1. The number of hydrogen-bond donors (Lipinski definition) is 0. The first-order valence-electron chi connectivity index (χ1n) is 6.20. The van der Waals surface area contributed by atoms with Crippen LogP contribution in [-0.2, 0) is 0 Å². The summed E-state index contributed by atoms with van der Waals surface area (Å²) in [5.74, 6) is 0.00102. The first kappa shape index (κ1) is 12.6. The minimum Gasteiger partial charge on any atom is -0.332 e. The van der Waals surface area contributed by atoms with Gasteiger partial charge in [0.05, 0.1) is 16.6 Å². The summed E-state index contributed by atoms with van der Waals surface area (Å²) < 4.78 is 0. The Kier molecular flexibility index (Phi) is 3.53. The van der Waals surface area contributed by atoms with Gasteiger partial charge in [-0.15, -0.1) is 0 Å². The third-order valence-electron chi connectivity index (χ3n) is 3.44. The Morgan fingerprint density at radius 3 is 3.11 bits per heavy atom. The standard InChI is InChI=1S/C14H13ClN2OS/c15-12-8-16-5-3-11(12)14(18)17-6-1-2-13(17)10-4-7-19-9-10/h3-5,7-9,13H,1-2,6H2. The average Bonchev–Trinajstić information content (AvgIpc) is 3.09. The predicted octanol–water partition coefficient (Wildman–Crippen LogP) is 3.77. The topological polar surface area (TPSA) is 33.2 Å². The number of halogens is 1. The number of rotatable bonds is 2. The van der Waals surface area contributed by atoms with E-state index in [-0.39, 0.29) is 11.9 Å². The van der Waals surface area contributed by atoms with Crippen molar-refractivity contribution in [3.05, 3.63) is 51.4 Å². The zero-order chi connectivity index (χ0) is 13.2. The van der Waals surface area contributed by atoms with E-state index in [2.05, 4.69) is 21.8 Å². The lowest BCUT2D eigenvalue weighted by molar-refractivity contribution is 0.0736. The molecule has 3 rings (SSSR count). The number of pyridine rings is 1. The van der Waals surface area contributed by atoms with Crippen LogP contribution < -0.4 is 0 Å². The van der Waals surface area contributed by atoms with E-state index in [1.54, 1.807) is 23.6 Å². The highest BCUT2D eigenvalue weighted by Gasteiger charge is 2.31. The minimum atomic E-state index is 0.00102. The normalized spacial score (nSPS) is 18.8. The highest BCUT2D eigenvalue weighted by Crippen LogP contribution is 2.34. The second-order valence-electron chi connectivity index (χ2n) is 4.57. The Morgan fingerprint density at radius 2 is 2.37 bits per heavy atom. The highest BCUT2D eigenvalue weighted by atomic mass is 35.5. The monoisotopic (exact) mass is 292 g/mol.